The van der Waals surface area contributed by atoms with E-state index in [4.69, 9.17) is 10.5 Å². The van der Waals surface area contributed by atoms with Crippen LogP contribution < -0.4 is 10.6 Å². The molecule has 1 heterocycles. The molecule has 2 N–H and O–H groups in total. The first-order chi connectivity index (χ1) is 8.34. The van der Waals surface area contributed by atoms with Crippen molar-refractivity contribution in [3.05, 3.63) is 24.3 Å². The van der Waals surface area contributed by atoms with E-state index in [9.17, 15) is 0 Å². The maximum Gasteiger partial charge on any atom is 0.0779 e. The average Bonchev–Trinajstić information content (AvgIpc) is 2.39. The van der Waals surface area contributed by atoms with Gasteiger partial charge in [-0.25, -0.2) is 0 Å². The van der Waals surface area contributed by atoms with Gasteiger partial charge in [-0.2, -0.15) is 0 Å². The van der Waals surface area contributed by atoms with Crippen molar-refractivity contribution in [2.24, 2.45) is 0 Å². The van der Waals surface area contributed by atoms with Gasteiger partial charge < -0.3 is 15.4 Å². The number of rotatable bonds is 1. The Morgan fingerprint density at radius 1 is 1.12 bits per heavy atom. The minimum absolute atomic E-state index is 0.440. The summed E-state index contributed by atoms with van der Waals surface area (Å²) in [7, 11) is 0. The lowest BCUT2D eigenvalue weighted by Crippen LogP contribution is -2.52. The molecule has 92 valence electrons. The molecule has 1 saturated heterocycles. The largest absolute Gasteiger partial charge is 0.399 e. The molecule has 3 heteroatoms. The van der Waals surface area contributed by atoms with E-state index in [0.29, 0.717) is 12.1 Å². The fourth-order valence-corrected chi connectivity index (χ4v) is 3.08. The van der Waals surface area contributed by atoms with Crippen molar-refractivity contribution in [1.82, 2.24) is 0 Å². The lowest BCUT2D eigenvalue weighted by molar-refractivity contribution is -0.00867. The quantitative estimate of drug-likeness (QED) is 0.756. The smallest absolute Gasteiger partial charge is 0.0779 e. The molecule has 17 heavy (non-hydrogen) atoms. The summed E-state index contributed by atoms with van der Waals surface area (Å²) in [6.45, 7) is 1.86. The van der Waals surface area contributed by atoms with Crippen LogP contribution >= 0.6 is 0 Å². The lowest BCUT2D eigenvalue weighted by Gasteiger charge is -2.45. The number of hydrogen-bond donors (Lipinski definition) is 1. The Morgan fingerprint density at radius 2 is 1.88 bits per heavy atom. The Kier molecular flexibility index (Phi) is 2.93. The second-order valence-electron chi connectivity index (χ2n) is 5.05. The van der Waals surface area contributed by atoms with Crippen LogP contribution in [-0.4, -0.2) is 25.3 Å². The van der Waals surface area contributed by atoms with Crippen LogP contribution in [0.15, 0.2) is 24.3 Å². The summed E-state index contributed by atoms with van der Waals surface area (Å²) >= 11 is 0. The van der Waals surface area contributed by atoms with E-state index >= 15 is 0 Å². The first-order valence-corrected chi connectivity index (χ1v) is 6.58. The van der Waals surface area contributed by atoms with Crippen LogP contribution in [-0.2, 0) is 4.74 Å². The van der Waals surface area contributed by atoms with Crippen molar-refractivity contribution in [3.8, 4) is 0 Å². The Bertz CT molecular complexity index is 374. The van der Waals surface area contributed by atoms with Gasteiger partial charge in [0, 0.05) is 17.9 Å². The normalized spacial score (nSPS) is 28.8. The zero-order valence-corrected chi connectivity index (χ0v) is 10.1. The second kappa shape index (κ2) is 4.57. The number of morpholine rings is 1. The van der Waals surface area contributed by atoms with E-state index in [1.807, 2.05) is 12.1 Å². The van der Waals surface area contributed by atoms with Crippen LogP contribution in [0, 0.1) is 0 Å². The molecule has 0 aromatic heterocycles. The second-order valence-corrected chi connectivity index (χ2v) is 5.05. The number of hydrogen-bond acceptors (Lipinski definition) is 3. The van der Waals surface area contributed by atoms with Crippen molar-refractivity contribution in [2.75, 3.05) is 23.8 Å². The van der Waals surface area contributed by atoms with Crippen molar-refractivity contribution >= 4 is 11.4 Å². The minimum Gasteiger partial charge on any atom is -0.399 e. The van der Waals surface area contributed by atoms with Gasteiger partial charge in [0.1, 0.15) is 0 Å². The highest BCUT2D eigenvalue weighted by atomic mass is 16.5. The zero-order valence-electron chi connectivity index (χ0n) is 10.1. The summed E-state index contributed by atoms with van der Waals surface area (Å²) in [6, 6.07) is 8.81. The van der Waals surface area contributed by atoms with Gasteiger partial charge in [-0.3, -0.25) is 0 Å². The van der Waals surface area contributed by atoms with Gasteiger partial charge in [0.15, 0.2) is 0 Å². The van der Waals surface area contributed by atoms with E-state index in [0.717, 1.165) is 18.8 Å². The molecule has 0 radical (unpaired) electrons. The van der Waals surface area contributed by atoms with Crippen LogP contribution in [0.5, 0.6) is 0 Å². The molecule has 2 atom stereocenters. The Labute approximate surface area is 103 Å². The molecular weight excluding hydrogens is 212 g/mol. The topological polar surface area (TPSA) is 38.5 Å². The molecule has 0 bridgehead atoms. The van der Waals surface area contributed by atoms with E-state index in [1.54, 1.807) is 0 Å². The minimum atomic E-state index is 0.440. The highest BCUT2D eigenvalue weighted by Gasteiger charge is 2.34. The summed E-state index contributed by atoms with van der Waals surface area (Å²) in [5.74, 6) is 0. The summed E-state index contributed by atoms with van der Waals surface area (Å²) < 4.78 is 5.89. The van der Waals surface area contributed by atoms with Gasteiger partial charge in [0.05, 0.1) is 18.8 Å². The van der Waals surface area contributed by atoms with E-state index < -0.39 is 0 Å². The monoisotopic (exact) mass is 232 g/mol. The third kappa shape index (κ3) is 2.12. The number of anilines is 2. The molecule has 3 rings (SSSR count). The van der Waals surface area contributed by atoms with Crippen molar-refractivity contribution in [2.45, 2.75) is 37.8 Å². The standard InChI is InChI=1S/C14H20N2O/c15-11-5-7-12(8-6-11)16-9-10-17-14-4-2-1-3-13(14)16/h5-8,13-14H,1-4,9-10,15H2. The highest BCUT2D eigenvalue weighted by Crippen LogP contribution is 2.32. The van der Waals surface area contributed by atoms with Crippen molar-refractivity contribution < 1.29 is 4.74 Å². The Morgan fingerprint density at radius 3 is 2.71 bits per heavy atom. The average molecular weight is 232 g/mol. The van der Waals surface area contributed by atoms with Gasteiger partial charge in [0.25, 0.3) is 0 Å². The fraction of sp³-hybridized carbons (Fsp3) is 0.571. The fourth-order valence-electron chi connectivity index (χ4n) is 3.08. The number of fused-ring (bicyclic) bond motifs is 1. The third-order valence-corrected chi connectivity index (χ3v) is 3.96. The van der Waals surface area contributed by atoms with Gasteiger partial charge in [-0.1, -0.05) is 12.8 Å². The van der Waals surface area contributed by atoms with Gasteiger partial charge in [-0.15, -0.1) is 0 Å². The first-order valence-electron chi connectivity index (χ1n) is 6.58. The molecule has 2 fully saturated rings. The van der Waals surface area contributed by atoms with Crippen LogP contribution in [0.2, 0.25) is 0 Å². The van der Waals surface area contributed by atoms with Crippen LogP contribution in [0.3, 0.4) is 0 Å². The highest BCUT2D eigenvalue weighted by molar-refractivity contribution is 5.54. The predicted octanol–water partition coefficient (Wildman–Crippen LogP) is 2.42. The number of ether oxygens (including phenoxy) is 1. The number of nitrogens with two attached hydrogens (primary N) is 1. The van der Waals surface area contributed by atoms with E-state index in [2.05, 4.69) is 17.0 Å². The maximum absolute atomic E-state index is 5.89. The van der Waals surface area contributed by atoms with E-state index in [1.165, 1.54) is 31.4 Å². The molecular formula is C14H20N2O. The maximum atomic E-state index is 5.89. The van der Waals surface area contributed by atoms with Crippen LogP contribution in [0.25, 0.3) is 0 Å². The molecule has 1 aromatic carbocycles. The molecule has 3 nitrogen and oxygen atoms in total. The molecule has 1 saturated carbocycles. The number of nitrogens with zero attached hydrogens (tertiary/aromatic N) is 1. The van der Waals surface area contributed by atoms with Gasteiger partial charge in [-0.05, 0) is 37.1 Å². The van der Waals surface area contributed by atoms with E-state index in [-0.39, 0.29) is 0 Å². The molecule has 1 aliphatic carbocycles. The molecule has 0 amide bonds. The summed E-state index contributed by atoms with van der Waals surface area (Å²) in [5.41, 5.74) is 7.87. The molecule has 2 unspecified atom stereocenters. The number of nitrogen functional groups attached to an aromatic ring is 1. The van der Waals surface area contributed by atoms with Crippen LogP contribution in [0.4, 0.5) is 11.4 Å². The first kappa shape index (κ1) is 10.9. The molecule has 2 aliphatic rings. The summed E-state index contributed by atoms with van der Waals surface area (Å²) in [4.78, 5) is 2.51. The van der Waals surface area contributed by atoms with Crippen molar-refractivity contribution in [1.29, 1.82) is 0 Å². The van der Waals surface area contributed by atoms with Crippen LogP contribution in [0.1, 0.15) is 25.7 Å². The Balaban J connectivity index is 1.83. The molecule has 1 aliphatic heterocycles. The van der Waals surface area contributed by atoms with Gasteiger partial charge >= 0.3 is 0 Å². The molecule has 0 spiro atoms. The Hall–Kier alpha value is -1.22. The lowest BCUT2D eigenvalue weighted by atomic mass is 9.90. The SMILES string of the molecule is Nc1ccc(N2CCOC3CCCCC32)cc1. The van der Waals surface area contributed by atoms with Crippen molar-refractivity contribution in [3.63, 3.8) is 0 Å². The zero-order chi connectivity index (χ0) is 11.7. The number of benzene rings is 1. The molecule has 1 aromatic rings. The predicted molar refractivity (Wildman–Crippen MR) is 70.2 cm³/mol. The summed E-state index contributed by atoms with van der Waals surface area (Å²) in [5, 5.41) is 0. The van der Waals surface area contributed by atoms with Gasteiger partial charge in [0.2, 0.25) is 0 Å². The third-order valence-electron chi connectivity index (χ3n) is 3.96. The summed E-state index contributed by atoms with van der Waals surface area (Å²) in [6.07, 6.45) is 5.56.